The molecular weight excluding hydrogens is 303 g/mol. The number of rotatable bonds is 1. The highest BCUT2D eigenvalue weighted by Gasteiger charge is 2.49. The molecule has 0 radical (unpaired) electrons. The van der Waals surface area contributed by atoms with E-state index in [2.05, 4.69) is 15.9 Å². The van der Waals surface area contributed by atoms with Gasteiger partial charge in [-0.3, -0.25) is 0 Å². The molecule has 4 rings (SSSR count). The zero-order valence-corrected chi connectivity index (χ0v) is 11.2. The first-order chi connectivity index (χ1) is 8.08. The molecule has 88 valence electrons. The molecule has 1 fully saturated rings. The van der Waals surface area contributed by atoms with E-state index in [9.17, 15) is 4.79 Å². The van der Waals surface area contributed by atoms with E-state index in [-0.39, 0.29) is 18.0 Å². The highest BCUT2D eigenvalue weighted by atomic mass is 79.9. The topological polar surface area (TPSA) is 26.3 Å². The van der Waals surface area contributed by atoms with Gasteiger partial charge in [-0.15, -0.1) is 11.6 Å². The molecule has 2 bridgehead atoms. The average molecular weight is 314 g/mol. The molecule has 1 aromatic carbocycles. The fraction of sp³-hybridized carbons (Fsp3) is 0.308. The van der Waals surface area contributed by atoms with Crippen LogP contribution in [0, 0.1) is 0 Å². The Kier molecular flexibility index (Phi) is 2.56. The summed E-state index contributed by atoms with van der Waals surface area (Å²) in [6.45, 7) is 0. The predicted octanol–water partition coefficient (Wildman–Crippen LogP) is 3.40. The third-order valence-electron chi connectivity index (χ3n) is 3.34. The molecule has 0 aromatic heterocycles. The van der Waals surface area contributed by atoms with Crippen molar-refractivity contribution in [3.8, 4) is 0 Å². The molecule has 2 aliphatic heterocycles. The molecule has 3 aliphatic rings. The largest absolute Gasteiger partial charge is 0.456 e. The van der Waals surface area contributed by atoms with Crippen molar-refractivity contribution >= 4 is 33.5 Å². The second kappa shape index (κ2) is 3.85. The quantitative estimate of drug-likeness (QED) is 0.451. The molecule has 2 heterocycles. The van der Waals surface area contributed by atoms with Crippen LogP contribution in [-0.2, 0) is 9.53 Å². The van der Waals surface area contributed by atoms with Crippen molar-refractivity contribution < 1.29 is 9.53 Å². The Balaban J connectivity index is 1.95. The lowest BCUT2D eigenvalue weighted by atomic mass is 9.77. The number of ether oxygens (including phenoxy) is 1. The van der Waals surface area contributed by atoms with Crippen LogP contribution in [0.25, 0.3) is 0 Å². The Morgan fingerprint density at radius 3 is 2.65 bits per heavy atom. The van der Waals surface area contributed by atoms with Gasteiger partial charge in [-0.25, -0.2) is 4.79 Å². The summed E-state index contributed by atoms with van der Waals surface area (Å²) in [6, 6.07) is 8.06. The number of hydrogen-bond donors (Lipinski definition) is 0. The van der Waals surface area contributed by atoms with Crippen molar-refractivity contribution in [3.63, 3.8) is 0 Å². The van der Waals surface area contributed by atoms with E-state index in [4.69, 9.17) is 16.3 Å². The summed E-state index contributed by atoms with van der Waals surface area (Å²) in [6.07, 6.45) is 4.09. The minimum atomic E-state index is -0.966. The van der Waals surface area contributed by atoms with Crippen molar-refractivity contribution in [1.82, 2.24) is 0 Å². The van der Waals surface area contributed by atoms with E-state index < -0.39 is 4.87 Å². The third-order valence-corrected chi connectivity index (χ3v) is 4.31. The molecule has 1 aromatic rings. The number of halogens is 2. The Morgan fingerprint density at radius 1 is 1.35 bits per heavy atom. The summed E-state index contributed by atoms with van der Waals surface area (Å²) in [4.78, 5) is 10.6. The molecule has 17 heavy (non-hydrogen) atoms. The smallest absolute Gasteiger partial charge is 0.331 e. The fourth-order valence-electron chi connectivity index (χ4n) is 2.40. The molecule has 4 heteroatoms. The molecule has 1 saturated heterocycles. The van der Waals surface area contributed by atoms with Gasteiger partial charge in [0.05, 0.1) is 0 Å². The van der Waals surface area contributed by atoms with Gasteiger partial charge in [0, 0.05) is 10.4 Å². The number of benzene rings is 1. The van der Waals surface area contributed by atoms with Crippen LogP contribution in [0.1, 0.15) is 17.9 Å². The highest BCUT2D eigenvalue weighted by Crippen LogP contribution is 2.45. The highest BCUT2D eigenvalue weighted by molar-refractivity contribution is 9.10. The molecular formula is C13H10BrClO2. The van der Waals surface area contributed by atoms with Crippen LogP contribution in [0.15, 0.2) is 40.9 Å². The SMILES string of the molecule is O=C1O[C@@H]2C=C[C@@]1(Cl)C[C@@H]2c1ccc(Br)cc1. The van der Waals surface area contributed by atoms with Crippen LogP contribution in [0.2, 0.25) is 0 Å². The summed E-state index contributed by atoms with van der Waals surface area (Å²) in [5, 5.41) is 0. The van der Waals surface area contributed by atoms with Crippen LogP contribution in [0.4, 0.5) is 0 Å². The van der Waals surface area contributed by atoms with Gasteiger partial charge in [-0.05, 0) is 30.2 Å². The van der Waals surface area contributed by atoms with Crippen LogP contribution in [-0.4, -0.2) is 16.9 Å². The van der Waals surface area contributed by atoms with E-state index in [1.807, 2.05) is 30.3 Å². The monoisotopic (exact) mass is 312 g/mol. The Hall–Kier alpha value is -0.800. The fourth-order valence-corrected chi connectivity index (χ4v) is 2.95. The Labute approximate surface area is 113 Å². The van der Waals surface area contributed by atoms with E-state index in [1.54, 1.807) is 6.08 Å². The van der Waals surface area contributed by atoms with Gasteiger partial charge in [0.15, 0.2) is 4.87 Å². The summed E-state index contributed by atoms with van der Waals surface area (Å²) in [5.74, 6) is -0.164. The second-order valence-electron chi connectivity index (χ2n) is 4.45. The number of carbonyl (C=O) groups is 1. The van der Waals surface area contributed by atoms with Gasteiger partial charge in [0.25, 0.3) is 0 Å². The molecule has 0 saturated carbocycles. The summed E-state index contributed by atoms with van der Waals surface area (Å²) in [5.41, 5.74) is 1.15. The molecule has 0 unspecified atom stereocenters. The number of alkyl halides is 1. The lowest BCUT2D eigenvalue weighted by Gasteiger charge is -2.41. The minimum absolute atomic E-state index is 0.156. The first kappa shape index (κ1) is 11.3. The maximum absolute atomic E-state index is 11.6. The number of esters is 1. The maximum atomic E-state index is 11.6. The summed E-state index contributed by atoms with van der Waals surface area (Å²) in [7, 11) is 0. The Bertz CT molecular complexity index is 497. The first-order valence-electron chi connectivity index (χ1n) is 5.43. The normalized spacial score (nSPS) is 34.8. The van der Waals surface area contributed by atoms with Crippen LogP contribution in [0.5, 0.6) is 0 Å². The van der Waals surface area contributed by atoms with E-state index in [1.165, 1.54) is 0 Å². The molecule has 0 spiro atoms. The summed E-state index contributed by atoms with van der Waals surface area (Å²) >= 11 is 9.66. The maximum Gasteiger partial charge on any atom is 0.331 e. The van der Waals surface area contributed by atoms with Crippen molar-refractivity contribution in [1.29, 1.82) is 0 Å². The van der Waals surface area contributed by atoms with Gasteiger partial charge in [0.2, 0.25) is 0 Å². The number of carbonyl (C=O) groups excluding carboxylic acids is 1. The van der Waals surface area contributed by atoms with Crippen LogP contribution in [0.3, 0.4) is 0 Å². The lowest BCUT2D eigenvalue weighted by Crippen LogP contribution is -2.48. The van der Waals surface area contributed by atoms with Crippen molar-refractivity contribution in [2.75, 3.05) is 0 Å². The van der Waals surface area contributed by atoms with Crippen LogP contribution >= 0.6 is 27.5 Å². The molecule has 2 nitrogen and oxygen atoms in total. The Morgan fingerprint density at radius 2 is 2.06 bits per heavy atom. The van der Waals surface area contributed by atoms with Crippen LogP contribution < -0.4 is 0 Å². The molecule has 1 aliphatic carbocycles. The number of fused-ring (bicyclic) bond motifs is 2. The van der Waals surface area contributed by atoms with Crippen molar-refractivity contribution in [3.05, 3.63) is 46.5 Å². The van der Waals surface area contributed by atoms with E-state index >= 15 is 0 Å². The van der Waals surface area contributed by atoms with Crippen molar-refractivity contribution in [2.24, 2.45) is 0 Å². The van der Waals surface area contributed by atoms with Gasteiger partial charge in [0.1, 0.15) is 6.10 Å². The van der Waals surface area contributed by atoms with Gasteiger partial charge < -0.3 is 4.74 Å². The molecule has 0 amide bonds. The minimum Gasteiger partial charge on any atom is -0.456 e. The van der Waals surface area contributed by atoms with E-state index in [0.29, 0.717) is 6.42 Å². The zero-order chi connectivity index (χ0) is 12.0. The zero-order valence-electron chi connectivity index (χ0n) is 8.90. The molecule has 3 atom stereocenters. The predicted molar refractivity (Wildman–Crippen MR) is 69.1 cm³/mol. The van der Waals surface area contributed by atoms with E-state index in [0.717, 1.165) is 10.0 Å². The van der Waals surface area contributed by atoms with Gasteiger partial charge in [-0.2, -0.15) is 0 Å². The van der Waals surface area contributed by atoms with Gasteiger partial charge in [-0.1, -0.05) is 34.1 Å². The standard InChI is InChI=1S/C13H10BrClO2/c14-9-3-1-8(2-4-9)10-7-13(15)6-5-11(10)17-12(13)16/h1-6,10-11H,7H2/t10-,11-,13-/m1/s1. The second-order valence-corrected chi connectivity index (χ2v) is 6.04. The lowest BCUT2D eigenvalue weighted by molar-refractivity contribution is -0.156. The summed E-state index contributed by atoms with van der Waals surface area (Å²) < 4.78 is 6.35. The first-order valence-corrected chi connectivity index (χ1v) is 6.60. The van der Waals surface area contributed by atoms with Gasteiger partial charge >= 0.3 is 5.97 Å². The average Bonchev–Trinajstić information content (AvgIpc) is 2.31. The molecule has 0 N–H and O–H groups in total. The third kappa shape index (κ3) is 1.81. The number of hydrogen-bond acceptors (Lipinski definition) is 2. The van der Waals surface area contributed by atoms with Crippen molar-refractivity contribution in [2.45, 2.75) is 23.3 Å².